The SMILES string of the molecule is NS(=O)(=O)NC1(CO)CCCC1. The summed E-state index contributed by atoms with van der Waals surface area (Å²) >= 11 is 0. The van der Waals surface area contributed by atoms with E-state index in [2.05, 4.69) is 4.72 Å². The molecule has 0 amide bonds. The molecule has 4 N–H and O–H groups in total. The Morgan fingerprint density at radius 3 is 2.25 bits per heavy atom. The Balaban J connectivity index is 2.68. The van der Waals surface area contributed by atoms with Gasteiger partial charge in [0.15, 0.2) is 0 Å². The van der Waals surface area contributed by atoms with Crippen LogP contribution in [0.15, 0.2) is 0 Å². The number of aliphatic hydroxyl groups excluding tert-OH is 1. The molecule has 0 bridgehead atoms. The summed E-state index contributed by atoms with van der Waals surface area (Å²) in [4.78, 5) is 0. The van der Waals surface area contributed by atoms with Crippen LogP contribution in [-0.2, 0) is 10.2 Å². The lowest BCUT2D eigenvalue weighted by Gasteiger charge is -2.25. The first-order valence-corrected chi connectivity index (χ1v) is 5.45. The van der Waals surface area contributed by atoms with Crippen LogP contribution in [0.3, 0.4) is 0 Å². The standard InChI is InChI=1S/C6H14N2O3S/c7-12(10,11)8-6(5-9)3-1-2-4-6/h8-9H,1-5H2,(H2,7,10,11). The van der Waals surface area contributed by atoms with E-state index in [4.69, 9.17) is 10.2 Å². The summed E-state index contributed by atoms with van der Waals surface area (Å²) in [7, 11) is -3.69. The minimum Gasteiger partial charge on any atom is -0.394 e. The fraction of sp³-hybridized carbons (Fsp3) is 1.00. The quantitative estimate of drug-likeness (QED) is 0.542. The average molecular weight is 194 g/mol. The normalized spacial score (nSPS) is 22.8. The minimum atomic E-state index is -3.69. The van der Waals surface area contributed by atoms with Gasteiger partial charge in [-0.2, -0.15) is 13.1 Å². The van der Waals surface area contributed by atoms with Crippen LogP contribution in [0.4, 0.5) is 0 Å². The van der Waals surface area contributed by atoms with E-state index in [0.717, 1.165) is 12.8 Å². The zero-order valence-corrected chi connectivity index (χ0v) is 7.60. The Kier molecular flexibility index (Phi) is 2.72. The zero-order chi connectivity index (χ0) is 9.24. The molecule has 5 nitrogen and oxygen atoms in total. The lowest BCUT2D eigenvalue weighted by molar-refractivity contribution is 0.185. The number of rotatable bonds is 3. The smallest absolute Gasteiger partial charge is 0.274 e. The largest absolute Gasteiger partial charge is 0.394 e. The highest BCUT2D eigenvalue weighted by molar-refractivity contribution is 7.87. The first kappa shape index (κ1) is 9.91. The summed E-state index contributed by atoms with van der Waals surface area (Å²) in [5.41, 5.74) is -0.687. The van der Waals surface area contributed by atoms with Crippen molar-refractivity contribution in [3.8, 4) is 0 Å². The van der Waals surface area contributed by atoms with Crippen molar-refractivity contribution in [2.75, 3.05) is 6.61 Å². The Bertz CT molecular complexity index is 244. The lowest BCUT2D eigenvalue weighted by Crippen LogP contribution is -2.51. The highest BCUT2D eigenvalue weighted by Gasteiger charge is 2.35. The Hall–Kier alpha value is -0.170. The van der Waals surface area contributed by atoms with Gasteiger partial charge in [-0.15, -0.1) is 0 Å². The molecule has 72 valence electrons. The molecule has 0 saturated heterocycles. The third kappa shape index (κ3) is 2.41. The van der Waals surface area contributed by atoms with Gasteiger partial charge in [0.25, 0.3) is 10.2 Å². The molecule has 0 radical (unpaired) electrons. The lowest BCUT2D eigenvalue weighted by atomic mass is 10.0. The molecule has 0 spiro atoms. The van der Waals surface area contributed by atoms with E-state index >= 15 is 0 Å². The van der Waals surface area contributed by atoms with E-state index in [1.807, 2.05) is 0 Å². The van der Waals surface area contributed by atoms with Crippen LogP contribution < -0.4 is 9.86 Å². The Labute approximate surface area is 72.1 Å². The van der Waals surface area contributed by atoms with Crippen LogP contribution in [0.1, 0.15) is 25.7 Å². The van der Waals surface area contributed by atoms with Crippen LogP contribution >= 0.6 is 0 Å². The molecule has 1 fully saturated rings. The van der Waals surface area contributed by atoms with Gasteiger partial charge in [0.05, 0.1) is 12.1 Å². The molecule has 0 atom stereocenters. The van der Waals surface area contributed by atoms with Gasteiger partial charge in [0, 0.05) is 0 Å². The van der Waals surface area contributed by atoms with Gasteiger partial charge in [-0.3, -0.25) is 0 Å². The number of nitrogens with two attached hydrogens (primary N) is 1. The Morgan fingerprint density at radius 2 is 1.92 bits per heavy atom. The predicted octanol–water partition coefficient (Wildman–Crippen LogP) is -0.915. The predicted molar refractivity (Wildman–Crippen MR) is 44.5 cm³/mol. The van der Waals surface area contributed by atoms with Gasteiger partial charge in [-0.1, -0.05) is 12.8 Å². The summed E-state index contributed by atoms with van der Waals surface area (Å²) in [6, 6.07) is 0. The topological polar surface area (TPSA) is 92.4 Å². The second kappa shape index (κ2) is 3.29. The molecule has 1 rings (SSSR count). The zero-order valence-electron chi connectivity index (χ0n) is 6.78. The number of hydrogen-bond donors (Lipinski definition) is 3. The maximum Gasteiger partial charge on any atom is 0.274 e. The van der Waals surface area contributed by atoms with Gasteiger partial charge in [-0.05, 0) is 12.8 Å². The molecule has 0 aromatic rings. The number of nitrogens with one attached hydrogen (secondary N) is 1. The fourth-order valence-corrected chi connectivity index (χ4v) is 2.52. The van der Waals surface area contributed by atoms with Crippen molar-refractivity contribution in [3.05, 3.63) is 0 Å². The van der Waals surface area contributed by atoms with Crippen molar-refractivity contribution in [1.29, 1.82) is 0 Å². The van der Waals surface area contributed by atoms with E-state index in [9.17, 15) is 8.42 Å². The third-order valence-corrected chi connectivity index (χ3v) is 2.94. The van der Waals surface area contributed by atoms with Crippen LogP contribution in [0, 0.1) is 0 Å². The average Bonchev–Trinajstić information content (AvgIpc) is 2.34. The fourth-order valence-electron chi connectivity index (χ4n) is 1.65. The summed E-state index contributed by atoms with van der Waals surface area (Å²) in [5.74, 6) is 0. The van der Waals surface area contributed by atoms with Gasteiger partial charge < -0.3 is 5.11 Å². The summed E-state index contributed by atoms with van der Waals surface area (Å²) < 4.78 is 23.7. The molecule has 0 aromatic carbocycles. The van der Waals surface area contributed by atoms with E-state index in [0.29, 0.717) is 12.8 Å². The molecular formula is C6H14N2O3S. The molecule has 0 aromatic heterocycles. The van der Waals surface area contributed by atoms with Gasteiger partial charge in [0.1, 0.15) is 0 Å². The van der Waals surface area contributed by atoms with E-state index in [1.54, 1.807) is 0 Å². The van der Waals surface area contributed by atoms with Crippen LogP contribution in [-0.4, -0.2) is 25.7 Å². The first-order valence-electron chi connectivity index (χ1n) is 3.90. The monoisotopic (exact) mass is 194 g/mol. The number of aliphatic hydroxyl groups is 1. The van der Waals surface area contributed by atoms with Gasteiger partial charge >= 0.3 is 0 Å². The Morgan fingerprint density at radius 1 is 1.42 bits per heavy atom. The molecule has 1 aliphatic carbocycles. The van der Waals surface area contributed by atoms with Crippen molar-refractivity contribution in [3.63, 3.8) is 0 Å². The van der Waals surface area contributed by atoms with Crippen molar-refractivity contribution in [2.45, 2.75) is 31.2 Å². The van der Waals surface area contributed by atoms with Gasteiger partial charge in [-0.25, -0.2) is 5.14 Å². The second-order valence-electron chi connectivity index (χ2n) is 3.29. The van der Waals surface area contributed by atoms with E-state index in [-0.39, 0.29) is 6.61 Å². The second-order valence-corrected chi connectivity index (χ2v) is 4.59. The molecule has 1 aliphatic rings. The molecule has 12 heavy (non-hydrogen) atoms. The van der Waals surface area contributed by atoms with Gasteiger partial charge in [0.2, 0.25) is 0 Å². The highest BCUT2D eigenvalue weighted by atomic mass is 32.2. The maximum absolute atomic E-state index is 10.7. The molecule has 1 saturated carbocycles. The molecular weight excluding hydrogens is 180 g/mol. The van der Waals surface area contributed by atoms with Crippen molar-refractivity contribution in [1.82, 2.24) is 4.72 Å². The number of hydrogen-bond acceptors (Lipinski definition) is 3. The third-order valence-electron chi connectivity index (χ3n) is 2.22. The maximum atomic E-state index is 10.7. The molecule has 0 heterocycles. The van der Waals surface area contributed by atoms with Crippen LogP contribution in [0.2, 0.25) is 0 Å². The van der Waals surface area contributed by atoms with Crippen LogP contribution in [0.25, 0.3) is 0 Å². The molecule has 6 heteroatoms. The summed E-state index contributed by atoms with van der Waals surface area (Å²) in [6.45, 7) is -0.177. The molecule has 0 aliphatic heterocycles. The minimum absolute atomic E-state index is 0.177. The highest BCUT2D eigenvalue weighted by Crippen LogP contribution is 2.29. The van der Waals surface area contributed by atoms with E-state index < -0.39 is 15.7 Å². The van der Waals surface area contributed by atoms with Crippen molar-refractivity contribution >= 4 is 10.2 Å². The van der Waals surface area contributed by atoms with E-state index in [1.165, 1.54) is 0 Å². The summed E-state index contributed by atoms with van der Waals surface area (Å²) in [6.07, 6.45) is 3.20. The first-order chi connectivity index (χ1) is 5.47. The van der Waals surface area contributed by atoms with Crippen molar-refractivity contribution < 1.29 is 13.5 Å². The van der Waals surface area contributed by atoms with Crippen molar-refractivity contribution in [2.24, 2.45) is 5.14 Å². The summed E-state index contributed by atoms with van der Waals surface area (Å²) in [5, 5.41) is 13.8. The van der Waals surface area contributed by atoms with Crippen LogP contribution in [0.5, 0.6) is 0 Å². The molecule has 0 unspecified atom stereocenters.